The maximum Gasteiger partial charge on any atom is 0.236 e. The first kappa shape index (κ1) is 48.2. The Hall–Kier alpha value is -6.86. The largest absolute Gasteiger partial charge is 0.387 e. The topological polar surface area (TPSA) is 98.7 Å². The van der Waals surface area contributed by atoms with Crippen LogP contribution in [0.25, 0.3) is 21.5 Å². The highest BCUT2D eigenvalue weighted by Gasteiger charge is 2.52. The Morgan fingerprint density at radius 1 is 0.443 bits per heavy atom. The maximum atomic E-state index is 16.0. The van der Waals surface area contributed by atoms with E-state index in [2.05, 4.69) is 59.2 Å². The highest BCUT2D eigenvalue weighted by molar-refractivity contribution is 6.06. The summed E-state index contributed by atoms with van der Waals surface area (Å²) in [6.07, 6.45) is 3.83. The Balaban J connectivity index is 1.18. The Kier molecular flexibility index (Phi) is 14.2. The summed E-state index contributed by atoms with van der Waals surface area (Å²) in [5.41, 5.74) is 4.99. The molecule has 8 aromatic carbocycles. The van der Waals surface area contributed by atoms with Gasteiger partial charge in [-0.05, 0) is 95.5 Å². The number of nitrogens with one attached hydrogen (secondary N) is 2. The minimum Gasteiger partial charge on any atom is -0.387 e. The van der Waals surface area contributed by atoms with Gasteiger partial charge < -0.3 is 20.8 Å². The number of hydrogen-bond acceptors (Lipinski definition) is 4. The van der Waals surface area contributed by atoms with Crippen LogP contribution in [-0.2, 0) is 35.3 Å². The highest BCUT2D eigenvalue weighted by atomic mass is 16.3. The molecule has 1 fully saturated rings. The van der Waals surface area contributed by atoms with Gasteiger partial charge in [0.25, 0.3) is 0 Å². The van der Waals surface area contributed by atoms with Crippen LogP contribution in [0.4, 0.5) is 0 Å². The fourth-order valence-electron chi connectivity index (χ4n) is 11.5. The van der Waals surface area contributed by atoms with E-state index in [4.69, 9.17) is 0 Å². The summed E-state index contributed by atoms with van der Waals surface area (Å²) in [5, 5.41) is 38.2. The van der Waals surface area contributed by atoms with Crippen LogP contribution in [0.15, 0.2) is 182 Å². The van der Waals surface area contributed by atoms with E-state index in [-0.39, 0.29) is 25.7 Å². The molecule has 1 aliphatic rings. The zero-order chi connectivity index (χ0) is 48.9. The first-order chi connectivity index (χ1) is 33.8. The molecule has 0 spiro atoms. The second-order valence-electron chi connectivity index (χ2n) is 20.5. The van der Waals surface area contributed by atoms with Gasteiger partial charge >= 0.3 is 0 Å². The summed E-state index contributed by atoms with van der Waals surface area (Å²) in [6.45, 7) is 8.19. The summed E-state index contributed by atoms with van der Waals surface area (Å²) in [5.74, 6) is -0.848. The molecule has 0 unspecified atom stereocenters. The van der Waals surface area contributed by atoms with Crippen molar-refractivity contribution in [2.45, 2.75) is 109 Å². The van der Waals surface area contributed by atoms with Crippen LogP contribution in [-0.4, -0.2) is 33.2 Å². The summed E-state index contributed by atoms with van der Waals surface area (Å²) >= 11 is 0. The van der Waals surface area contributed by atoms with Crippen molar-refractivity contribution in [1.29, 1.82) is 0 Å². The Morgan fingerprint density at radius 2 is 0.757 bits per heavy atom. The molecule has 8 aromatic rings. The van der Waals surface area contributed by atoms with Crippen molar-refractivity contribution >= 4 is 33.4 Å². The average molecular weight is 927 g/mol. The number of fused-ring (bicyclic) bond motifs is 2. The molecule has 0 bridgehead atoms. The molecule has 2 atom stereocenters. The molecule has 4 N–H and O–H groups in total. The fraction of sp³-hybridized carbons (Fsp3) is 0.281. The van der Waals surface area contributed by atoms with E-state index in [9.17, 15) is 10.2 Å². The number of hydrogen-bond donors (Lipinski definition) is 4. The molecule has 356 valence electrons. The van der Waals surface area contributed by atoms with Crippen LogP contribution in [0.5, 0.6) is 0 Å². The van der Waals surface area contributed by atoms with Gasteiger partial charge in [0.05, 0.1) is 23.3 Å². The van der Waals surface area contributed by atoms with E-state index >= 15 is 9.59 Å². The van der Waals surface area contributed by atoms with Crippen LogP contribution < -0.4 is 10.6 Å². The Morgan fingerprint density at radius 3 is 1.10 bits per heavy atom. The SMILES string of the molecule is Cc1cccc(CC(O)(Cc2cccc(C)c2)[C@@H](NC(=O)C2(C(=O)N[C@@H](c3cccc4ccccc34)C(O)(Cc3cccc(C)c3)Cc3cccc(C)c3)CCCCC2)c2cccc3ccccc23)c1. The summed E-state index contributed by atoms with van der Waals surface area (Å²) in [7, 11) is 0. The predicted octanol–water partition coefficient (Wildman–Crippen LogP) is 12.6. The number of aryl methyl sites for hydroxylation is 4. The summed E-state index contributed by atoms with van der Waals surface area (Å²) in [4.78, 5) is 32.1. The molecular weight excluding hydrogens is 861 g/mol. The fourth-order valence-corrected chi connectivity index (χ4v) is 11.5. The third-order valence-electron chi connectivity index (χ3n) is 14.8. The first-order valence-corrected chi connectivity index (χ1v) is 25.1. The van der Waals surface area contributed by atoms with Gasteiger partial charge in [0.15, 0.2) is 0 Å². The molecule has 6 heteroatoms. The maximum absolute atomic E-state index is 16.0. The van der Waals surface area contributed by atoms with E-state index in [0.29, 0.717) is 25.7 Å². The standard InChI is InChI=1S/C64H66N2O4/c1-44-18-12-22-48(36-44)40-63(69,41-49-23-13-19-45(2)37-49)58(56-32-16-28-52-26-6-8-30-54(52)56)65-60(67)62(34-10-5-11-35-62)61(68)66-59(57-33-17-29-53-27-7-9-31-55(53)57)64(70,42-50-24-14-20-46(3)38-50)43-51-25-15-21-47(4)39-51/h6-9,12-33,36-39,58-59,69-70H,5,10-11,34-35,40-43H2,1-4H3,(H,65,67)(H,66,68)/t58-,59-/m0/s1. The van der Waals surface area contributed by atoms with Gasteiger partial charge in [0.1, 0.15) is 5.41 Å². The third-order valence-corrected chi connectivity index (χ3v) is 14.8. The molecule has 2 amide bonds. The van der Waals surface area contributed by atoms with E-state index in [0.717, 1.165) is 83.6 Å². The molecule has 1 saturated carbocycles. The van der Waals surface area contributed by atoms with Crippen LogP contribution in [0, 0.1) is 33.1 Å². The van der Waals surface area contributed by atoms with Crippen LogP contribution in [0.3, 0.4) is 0 Å². The van der Waals surface area contributed by atoms with Crippen molar-refractivity contribution < 1.29 is 19.8 Å². The lowest BCUT2D eigenvalue weighted by Gasteiger charge is -2.43. The number of rotatable bonds is 16. The highest BCUT2D eigenvalue weighted by Crippen LogP contribution is 2.44. The molecule has 0 aromatic heterocycles. The van der Waals surface area contributed by atoms with Crippen molar-refractivity contribution in [2.24, 2.45) is 5.41 Å². The van der Waals surface area contributed by atoms with Crippen molar-refractivity contribution in [3.05, 3.63) is 238 Å². The van der Waals surface area contributed by atoms with Crippen molar-refractivity contribution in [2.75, 3.05) is 0 Å². The van der Waals surface area contributed by atoms with Gasteiger partial charge in [0.2, 0.25) is 11.8 Å². The molecular formula is C64H66N2O4. The minimum absolute atomic E-state index is 0.240. The van der Waals surface area contributed by atoms with Crippen LogP contribution >= 0.6 is 0 Å². The molecule has 0 heterocycles. The van der Waals surface area contributed by atoms with Crippen LogP contribution in [0.1, 0.15) is 99.8 Å². The van der Waals surface area contributed by atoms with E-state index in [1.165, 1.54) is 0 Å². The van der Waals surface area contributed by atoms with E-state index in [1.54, 1.807) is 0 Å². The zero-order valence-electron chi connectivity index (χ0n) is 41.1. The van der Waals surface area contributed by atoms with E-state index < -0.39 is 40.5 Å². The molecule has 0 aliphatic heterocycles. The number of carbonyl (C=O) groups excluding carboxylic acids is 2. The molecule has 9 rings (SSSR count). The van der Waals surface area contributed by atoms with Gasteiger partial charge in [-0.15, -0.1) is 0 Å². The third kappa shape index (κ3) is 10.5. The second kappa shape index (κ2) is 20.6. The van der Waals surface area contributed by atoms with Gasteiger partial charge in [0, 0.05) is 25.7 Å². The van der Waals surface area contributed by atoms with Crippen molar-refractivity contribution in [3.8, 4) is 0 Å². The molecule has 0 radical (unpaired) electrons. The van der Waals surface area contributed by atoms with Crippen molar-refractivity contribution in [3.63, 3.8) is 0 Å². The van der Waals surface area contributed by atoms with Gasteiger partial charge in [-0.2, -0.15) is 0 Å². The monoisotopic (exact) mass is 927 g/mol. The summed E-state index contributed by atoms with van der Waals surface area (Å²) < 4.78 is 0. The molecule has 6 nitrogen and oxygen atoms in total. The van der Waals surface area contributed by atoms with Gasteiger partial charge in [-0.1, -0.05) is 224 Å². The lowest BCUT2D eigenvalue weighted by molar-refractivity contribution is -0.150. The number of aliphatic hydroxyl groups is 2. The quantitative estimate of drug-likeness (QED) is 0.0726. The van der Waals surface area contributed by atoms with Gasteiger partial charge in [-0.3, -0.25) is 9.59 Å². The zero-order valence-corrected chi connectivity index (χ0v) is 41.1. The van der Waals surface area contributed by atoms with Gasteiger partial charge in [-0.25, -0.2) is 0 Å². The first-order valence-electron chi connectivity index (χ1n) is 25.1. The Labute approximate surface area is 413 Å². The van der Waals surface area contributed by atoms with Crippen LogP contribution in [0.2, 0.25) is 0 Å². The minimum atomic E-state index is -1.55. The Bertz CT molecular complexity index is 2840. The number of carbonyl (C=O) groups is 2. The lowest BCUT2D eigenvalue weighted by atomic mass is 9.70. The molecule has 70 heavy (non-hydrogen) atoms. The predicted molar refractivity (Wildman–Crippen MR) is 285 cm³/mol. The summed E-state index contributed by atoms with van der Waals surface area (Å²) in [6, 6.07) is 59.1. The van der Waals surface area contributed by atoms with Crippen molar-refractivity contribution in [1.82, 2.24) is 10.6 Å². The normalized spacial score (nSPS) is 14.8. The average Bonchev–Trinajstić information content (AvgIpc) is 3.34. The lowest BCUT2D eigenvalue weighted by Crippen LogP contribution is -2.59. The molecule has 0 saturated heterocycles. The number of amides is 2. The number of benzene rings is 8. The molecule has 1 aliphatic carbocycles. The second-order valence-corrected chi connectivity index (χ2v) is 20.5. The smallest absolute Gasteiger partial charge is 0.236 e. The van der Waals surface area contributed by atoms with E-state index in [1.807, 2.05) is 161 Å².